The van der Waals surface area contributed by atoms with Gasteiger partial charge in [0.15, 0.2) is 5.82 Å². The van der Waals surface area contributed by atoms with Crippen molar-refractivity contribution in [1.82, 2.24) is 9.55 Å². The summed E-state index contributed by atoms with van der Waals surface area (Å²) < 4.78 is 1.86. The summed E-state index contributed by atoms with van der Waals surface area (Å²) in [6, 6.07) is 0. The molecule has 2 saturated carbocycles. The van der Waals surface area contributed by atoms with E-state index in [-0.39, 0.29) is 11.7 Å². The average Bonchev–Trinajstić information content (AvgIpc) is 2.83. The Morgan fingerprint density at radius 1 is 1.22 bits per heavy atom. The van der Waals surface area contributed by atoms with Gasteiger partial charge in [-0.2, -0.15) is 0 Å². The molecule has 0 amide bonds. The van der Waals surface area contributed by atoms with E-state index in [9.17, 15) is 4.79 Å². The minimum atomic E-state index is 0.227. The Kier molecular flexibility index (Phi) is 3.23. The number of fused-ring (bicyclic) bond motifs is 1. The highest BCUT2D eigenvalue weighted by Crippen LogP contribution is 2.43. The summed E-state index contributed by atoms with van der Waals surface area (Å²) in [7, 11) is 1.91. The van der Waals surface area contributed by atoms with Crippen molar-refractivity contribution in [3.63, 3.8) is 0 Å². The van der Waals surface area contributed by atoms with Gasteiger partial charge in [0, 0.05) is 25.4 Å². The zero-order chi connectivity index (χ0) is 12.5. The SMILES string of the molecule is Cn1ccnc1C(=O)C1CCC2CCCCC2C1. The van der Waals surface area contributed by atoms with E-state index in [1.807, 2.05) is 17.8 Å². The van der Waals surface area contributed by atoms with E-state index in [4.69, 9.17) is 0 Å². The smallest absolute Gasteiger partial charge is 0.201 e. The van der Waals surface area contributed by atoms with Crippen LogP contribution in [0.2, 0.25) is 0 Å². The van der Waals surface area contributed by atoms with Gasteiger partial charge in [-0.15, -0.1) is 0 Å². The lowest BCUT2D eigenvalue weighted by Gasteiger charge is -2.38. The van der Waals surface area contributed by atoms with E-state index >= 15 is 0 Å². The summed E-state index contributed by atoms with van der Waals surface area (Å²) >= 11 is 0. The summed E-state index contributed by atoms with van der Waals surface area (Å²) in [5.41, 5.74) is 0. The molecule has 0 radical (unpaired) electrons. The summed E-state index contributed by atoms with van der Waals surface area (Å²) in [5.74, 6) is 2.86. The maximum absolute atomic E-state index is 12.5. The van der Waals surface area contributed by atoms with Crippen LogP contribution in [0.3, 0.4) is 0 Å². The Morgan fingerprint density at radius 3 is 2.72 bits per heavy atom. The highest BCUT2D eigenvalue weighted by molar-refractivity contribution is 5.94. The largest absolute Gasteiger partial charge is 0.332 e. The molecule has 2 fully saturated rings. The first-order valence-electron chi connectivity index (χ1n) is 7.27. The average molecular weight is 246 g/mol. The summed E-state index contributed by atoms with van der Waals surface area (Å²) in [6.07, 6.45) is 12.5. The second-order valence-electron chi connectivity index (χ2n) is 6.04. The van der Waals surface area contributed by atoms with Crippen LogP contribution < -0.4 is 0 Å². The monoisotopic (exact) mass is 246 g/mol. The van der Waals surface area contributed by atoms with Crippen molar-refractivity contribution in [3.05, 3.63) is 18.2 Å². The highest BCUT2D eigenvalue weighted by atomic mass is 16.1. The van der Waals surface area contributed by atoms with Gasteiger partial charge in [0.2, 0.25) is 5.78 Å². The van der Waals surface area contributed by atoms with Gasteiger partial charge in [-0.05, 0) is 31.1 Å². The molecule has 1 aromatic rings. The van der Waals surface area contributed by atoms with Crippen LogP contribution >= 0.6 is 0 Å². The molecule has 2 aliphatic rings. The first-order valence-corrected chi connectivity index (χ1v) is 7.27. The summed E-state index contributed by atoms with van der Waals surface area (Å²) in [5, 5.41) is 0. The van der Waals surface area contributed by atoms with E-state index in [1.54, 1.807) is 6.20 Å². The second-order valence-corrected chi connectivity index (χ2v) is 6.04. The fourth-order valence-corrected chi connectivity index (χ4v) is 3.90. The van der Waals surface area contributed by atoms with Crippen molar-refractivity contribution in [1.29, 1.82) is 0 Å². The molecule has 0 N–H and O–H groups in total. The molecular weight excluding hydrogens is 224 g/mol. The van der Waals surface area contributed by atoms with E-state index in [1.165, 1.54) is 32.1 Å². The van der Waals surface area contributed by atoms with Gasteiger partial charge in [0.25, 0.3) is 0 Å². The number of aryl methyl sites for hydroxylation is 1. The molecule has 3 unspecified atom stereocenters. The van der Waals surface area contributed by atoms with Crippen LogP contribution in [0.4, 0.5) is 0 Å². The normalized spacial score (nSPS) is 31.9. The molecule has 0 aromatic carbocycles. The number of nitrogens with zero attached hydrogens (tertiary/aromatic N) is 2. The number of imidazole rings is 1. The zero-order valence-electron chi connectivity index (χ0n) is 11.1. The number of hydrogen-bond acceptors (Lipinski definition) is 2. The van der Waals surface area contributed by atoms with E-state index in [0.29, 0.717) is 5.82 Å². The predicted octanol–water partition coefficient (Wildman–Crippen LogP) is 3.21. The van der Waals surface area contributed by atoms with Crippen LogP contribution in [-0.4, -0.2) is 15.3 Å². The van der Waals surface area contributed by atoms with Crippen LogP contribution in [0.15, 0.2) is 12.4 Å². The fraction of sp³-hybridized carbons (Fsp3) is 0.733. The molecule has 3 heteroatoms. The molecule has 2 aliphatic carbocycles. The number of carbonyl (C=O) groups excluding carboxylic acids is 1. The molecule has 0 aliphatic heterocycles. The van der Waals surface area contributed by atoms with Crippen LogP contribution in [0.5, 0.6) is 0 Å². The van der Waals surface area contributed by atoms with Gasteiger partial charge in [-0.25, -0.2) is 4.98 Å². The minimum Gasteiger partial charge on any atom is -0.332 e. The third-order valence-corrected chi connectivity index (χ3v) is 4.95. The fourth-order valence-electron chi connectivity index (χ4n) is 3.90. The van der Waals surface area contributed by atoms with Gasteiger partial charge >= 0.3 is 0 Å². The van der Waals surface area contributed by atoms with Gasteiger partial charge < -0.3 is 4.57 Å². The van der Waals surface area contributed by atoms with Gasteiger partial charge in [0.05, 0.1) is 0 Å². The number of hydrogen-bond donors (Lipinski definition) is 0. The van der Waals surface area contributed by atoms with Crippen LogP contribution in [0.1, 0.15) is 55.6 Å². The summed E-state index contributed by atoms with van der Waals surface area (Å²) in [4.78, 5) is 16.7. The molecular formula is C15H22N2O. The number of carbonyl (C=O) groups is 1. The van der Waals surface area contributed by atoms with E-state index in [0.717, 1.165) is 24.7 Å². The molecule has 0 saturated heterocycles. The molecule has 3 atom stereocenters. The molecule has 18 heavy (non-hydrogen) atoms. The molecule has 1 heterocycles. The van der Waals surface area contributed by atoms with Crippen molar-refractivity contribution in [2.24, 2.45) is 24.8 Å². The second kappa shape index (κ2) is 4.87. The van der Waals surface area contributed by atoms with Gasteiger partial charge in [0.1, 0.15) is 0 Å². The first kappa shape index (κ1) is 11.9. The topological polar surface area (TPSA) is 34.9 Å². The van der Waals surface area contributed by atoms with Crippen molar-refractivity contribution in [2.45, 2.75) is 44.9 Å². The lowest BCUT2D eigenvalue weighted by atomic mass is 9.66. The maximum Gasteiger partial charge on any atom is 0.201 e. The Bertz CT molecular complexity index is 437. The quantitative estimate of drug-likeness (QED) is 0.751. The number of Topliss-reactive ketones (excluding diaryl/α,β-unsaturated/α-hetero) is 1. The van der Waals surface area contributed by atoms with E-state index < -0.39 is 0 Å². The Hall–Kier alpha value is -1.12. The van der Waals surface area contributed by atoms with E-state index in [2.05, 4.69) is 4.98 Å². The molecule has 98 valence electrons. The first-order chi connectivity index (χ1) is 8.75. The lowest BCUT2D eigenvalue weighted by molar-refractivity contribution is 0.0750. The van der Waals surface area contributed by atoms with Crippen molar-refractivity contribution < 1.29 is 4.79 Å². The molecule has 3 rings (SSSR count). The molecule has 1 aromatic heterocycles. The summed E-state index contributed by atoms with van der Waals surface area (Å²) in [6.45, 7) is 0. The number of rotatable bonds is 2. The lowest BCUT2D eigenvalue weighted by Crippen LogP contribution is -2.32. The Labute approximate surface area is 109 Å². The van der Waals surface area contributed by atoms with Crippen molar-refractivity contribution in [3.8, 4) is 0 Å². The third kappa shape index (κ3) is 2.11. The third-order valence-electron chi connectivity index (χ3n) is 4.95. The Morgan fingerprint density at radius 2 is 2.00 bits per heavy atom. The molecule has 0 spiro atoms. The number of ketones is 1. The molecule has 3 nitrogen and oxygen atoms in total. The maximum atomic E-state index is 12.5. The van der Waals surface area contributed by atoms with Crippen LogP contribution in [0.25, 0.3) is 0 Å². The molecule has 0 bridgehead atoms. The zero-order valence-corrected chi connectivity index (χ0v) is 11.1. The van der Waals surface area contributed by atoms with Gasteiger partial charge in [-0.3, -0.25) is 4.79 Å². The minimum absolute atomic E-state index is 0.227. The highest BCUT2D eigenvalue weighted by Gasteiger charge is 2.36. The Balaban J connectivity index is 1.70. The van der Waals surface area contributed by atoms with Crippen LogP contribution in [0, 0.1) is 17.8 Å². The van der Waals surface area contributed by atoms with Gasteiger partial charge in [-0.1, -0.05) is 25.7 Å². The standard InChI is InChI=1S/C15H22N2O/c1-17-9-8-16-15(17)14(18)13-7-6-11-4-2-3-5-12(11)10-13/h8-9,11-13H,2-7,10H2,1H3. The predicted molar refractivity (Wildman–Crippen MR) is 70.3 cm³/mol. The van der Waals surface area contributed by atoms with Crippen molar-refractivity contribution >= 4 is 5.78 Å². The van der Waals surface area contributed by atoms with Crippen LogP contribution in [-0.2, 0) is 7.05 Å². The van der Waals surface area contributed by atoms with Crippen molar-refractivity contribution in [2.75, 3.05) is 0 Å². The number of aromatic nitrogens is 2.